The van der Waals surface area contributed by atoms with E-state index in [1.165, 1.54) is 0 Å². The number of para-hydroxylation sites is 1. The lowest BCUT2D eigenvalue weighted by molar-refractivity contribution is 0.482. The maximum absolute atomic E-state index is 5.79. The van der Waals surface area contributed by atoms with Gasteiger partial charge in [0.05, 0.1) is 5.69 Å². The van der Waals surface area contributed by atoms with Crippen molar-refractivity contribution in [2.75, 3.05) is 5.73 Å². The van der Waals surface area contributed by atoms with E-state index in [4.69, 9.17) is 10.5 Å². The molecule has 0 atom stereocenters. The molecular formula is C12H9Br2NO. The Balaban J connectivity index is 2.29. The zero-order valence-electron chi connectivity index (χ0n) is 8.28. The van der Waals surface area contributed by atoms with Gasteiger partial charge in [0.25, 0.3) is 0 Å². The minimum atomic E-state index is 0.667. The molecule has 2 nitrogen and oxygen atoms in total. The number of nitrogens with two attached hydrogens (primary N) is 1. The molecule has 0 aliphatic rings. The summed E-state index contributed by atoms with van der Waals surface area (Å²) in [6, 6.07) is 13.3. The lowest BCUT2D eigenvalue weighted by atomic mass is 10.3. The summed E-state index contributed by atoms with van der Waals surface area (Å²) in [6.07, 6.45) is 0. The topological polar surface area (TPSA) is 35.2 Å². The molecule has 82 valence electrons. The first-order chi connectivity index (χ1) is 7.66. The normalized spacial score (nSPS) is 10.1. The SMILES string of the molecule is Nc1c(Br)cc(Oc2ccccc2)cc1Br. The van der Waals surface area contributed by atoms with Gasteiger partial charge in [0, 0.05) is 8.95 Å². The second kappa shape index (κ2) is 4.89. The van der Waals surface area contributed by atoms with Gasteiger partial charge in [0.1, 0.15) is 11.5 Å². The van der Waals surface area contributed by atoms with Gasteiger partial charge in [0.15, 0.2) is 0 Å². The predicted octanol–water partition coefficient (Wildman–Crippen LogP) is 4.59. The second-order valence-corrected chi connectivity index (χ2v) is 4.92. The molecule has 0 saturated carbocycles. The quantitative estimate of drug-likeness (QED) is 0.810. The van der Waals surface area contributed by atoms with Crippen molar-refractivity contribution in [3.05, 3.63) is 51.4 Å². The minimum Gasteiger partial charge on any atom is -0.457 e. The molecule has 2 aromatic carbocycles. The summed E-state index contributed by atoms with van der Waals surface area (Å²) in [5, 5.41) is 0. The van der Waals surface area contributed by atoms with Crippen molar-refractivity contribution in [1.29, 1.82) is 0 Å². The summed E-state index contributed by atoms with van der Waals surface area (Å²) in [5.41, 5.74) is 6.46. The van der Waals surface area contributed by atoms with Gasteiger partial charge in [-0.2, -0.15) is 0 Å². The Labute approximate surface area is 111 Å². The number of rotatable bonds is 2. The van der Waals surface area contributed by atoms with E-state index in [1.54, 1.807) is 0 Å². The highest BCUT2D eigenvalue weighted by atomic mass is 79.9. The van der Waals surface area contributed by atoms with Crippen LogP contribution in [-0.2, 0) is 0 Å². The van der Waals surface area contributed by atoms with Gasteiger partial charge < -0.3 is 10.5 Å². The summed E-state index contributed by atoms with van der Waals surface area (Å²) in [5.74, 6) is 1.53. The first-order valence-electron chi connectivity index (χ1n) is 4.64. The summed E-state index contributed by atoms with van der Waals surface area (Å²) >= 11 is 6.75. The summed E-state index contributed by atoms with van der Waals surface area (Å²) in [4.78, 5) is 0. The summed E-state index contributed by atoms with van der Waals surface area (Å²) in [7, 11) is 0. The number of hydrogen-bond acceptors (Lipinski definition) is 2. The van der Waals surface area contributed by atoms with Crippen molar-refractivity contribution in [1.82, 2.24) is 0 Å². The third kappa shape index (κ3) is 2.57. The molecule has 0 heterocycles. The summed E-state index contributed by atoms with van der Waals surface area (Å²) in [6.45, 7) is 0. The maximum atomic E-state index is 5.79. The maximum Gasteiger partial charge on any atom is 0.129 e. The minimum absolute atomic E-state index is 0.667. The highest BCUT2D eigenvalue weighted by Crippen LogP contribution is 2.34. The smallest absolute Gasteiger partial charge is 0.129 e. The monoisotopic (exact) mass is 341 g/mol. The molecule has 0 aliphatic carbocycles. The fourth-order valence-corrected chi connectivity index (χ4v) is 2.39. The molecule has 2 rings (SSSR count). The van der Waals surface area contributed by atoms with E-state index in [0.717, 1.165) is 20.4 Å². The molecule has 0 fully saturated rings. The highest BCUT2D eigenvalue weighted by molar-refractivity contribution is 9.11. The van der Waals surface area contributed by atoms with Gasteiger partial charge in [-0.05, 0) is 56.1 Å². The zero-order valence-corrected chi connectivity index (χ0v) is 11.5. The van der Waals surface area contributed by atoms with Gasteiger partial charge in [-0.1, -0.05) is 18.2 Å². The van der Waals surface area contributed by atoms with Gasteiger partial charge in [-0.15, -0.1) is 0 Å². The number of nitrogen functional groups attached to an aromatic ring is 1. The number of halogens is 2. The van der Waals surface area contributed by atoms with Crippen LogP contribution in [0.2, 0.25) is 0 Å². The van der Waals surface area contributed by atoms with Crippen LogP contribution in [0.4, 0.5) is 5.69 Å². The van der Waals surface area contributed by atoms with E-state index in [2.05, 4.69) is 31.9 Å². The Bertz CT molecular complexity index is 477. The third-order valence-corrected chi connectivity index (χ3v) is 3.34. The Morgan fingerprint density at radius 3 is 2.00 bits per heavy atom. The second-order valence-electron chi connectivity index (χ2n) is 3.22. The van der Waals surface area contributed by atoms with Crippen molar-refractivity contribution < 1.29 is 4.74 Å². The number of benzene rings is 2. The van der Waals surface area contributed by atoms with Crippen molar-refractivity contribution in [3.8, 4) is 11.5 Å². The largest absolute Gasteiger partial charge is 0.457 e. The Hall–Kier alpha value is -1.00. The number of ether oxygens (including phenoxy) is 1. The van der Waals surface area contributed by atoms with Crippen LogP contribution in [0.3, 0.4) is 0 Å². The van der Waals surface area contributed by atoms with Crippen LogP contribution < -0.4 is 10.5 Å². The van der Waals surface area contributed by atoms with Gasteiger partial charge in [-0.25, -0.2) is 0 Å². The molecule has 0 aliphatic heterocycles. The van der Waals surface area contributed by atoms with Crippen LogP contribution in [-0.4, -0.2) is 0 Å². The van der Waals surface area contributed by atoms with Gasteiger partial charge in [0.2, 0.25) is 0 Å². The Morgan fingerprint density at radius 1 is 0.875 bits per heavy atom. The average molecular weight is 343 g/mol. The average Bonchev–Trinajstić information content (AvgIpc) is 2.27. The van der Waals surface area contributed by atoms with Crippen LogP contribution in [0.5, 0.6) is 11.5 Å². The Kier molecular flexibility index (Phi) is 3.51. The predicted molar refractivity (Wildman–Crippen MR) is 72.8 cm³/mol. The molecule has 0 saturated heterocycles. The van der Waals surface area contributed by atoms with Gasteiger partial charge >= 0.3 is 0 Å². The molecule has 2 N–H and O–H groups in total. The van der Waals surface area contributed by atoms with Crippen LogP contribution in [0, 0.1) is 0 Å². The summed E-state index contributed by atoms with van der Waals surface area (Å²) < 4.78 is 7.31. The highest BCUT2D eigenvalue weighted by Gasteiger charge is 2.05. The van der Waals surface area contributed by atoms with Crippen LogP contribution in [0.25, 0.3) is 0 Å². The lowest BCUT2D eigenvalue weighted by Crippen LogP contribution is -1.90. The molecule has 2 aromatic rings. The van der Waals surface area contributed by atoms with Gasteiger partial charge in [-0.3, -0.25) is 0 Å². The fourth-order valence-electron chi connectivity index (χ4n) is 1.24. The zero-order chi connectivity index (χ0) is 11.5. The van der Waals surface area contributed by atoms with Crippen LogP contribution in [0.15, 0.2) is 51.4 Å². The van der Waals surface area contributed by atoms with E-state index in [0.29, 0.717) is 5.69 Å². The molecular weight excluding hydrogens is 334 g/mol. The molecule has 4 heteroatoms. The fraction of sp³-hybridized carbons (Fsp3) is 0. The van der Waals surface area contributed by atoms with E-state index < -0.39 is 0 Å². The molecule has 16 heavy (non-hydrogen) atoms. The van der Waals surface area contributed by atoms with E-state index in [-0.39, 0.29) is 0 Å². The molecule has 0 radical (unpaired) electrons. The first kappa shape index (κ1) is 11.5. The lowest BCUT2D eigenvalue weighted by Gasteiger charge is -2.08. The van der Waals surface area contributed by atoms with Crippen LogP contribution in [0.1, 0.15) is 0 Å². The number of anilines is 1. The molecule has 0 bridgehead atoms. The van der Waals surface area contributed by atoms with Crippen LogP contribution >= 0.6 is 31.9 Å². The molecule has 0 unspecified atom stereocenters. The molecule has 0 amide bonds. The molecule has 0 aromatic heterocycles. The number of hydrogen-bond donors (Lipinski definition) is 1. The van der Waals surface area contributed by atoms with E-state index in [1.807, 2.05) is 42.5 Å². The van der Waals surface area contributed by atoms with Crippen molar-refractivity contribution in [2.45, 2.75) is 0 Å². The third-order valence-electron chi connectivity index (χ3n) is 2.03. The standard InChI is InChI=1S/C12H9Br2NO/c13-10-6-9(7-11(14)12(10)15)16-8-4-2-1-3-5-8/h1-7H,15H2. The molecule has 0 spiro atoms. The first-order valence-corrected chi connectivity index (χ1v) is 6.23. The van der Waals surface area contributed by atoms with Crippen molar-refractivity contribution in [3.63, 3.8) is 0 Å². The van der Waals surface area contributed by atoms with Crippen molar-refractivity contribution in [2.24, 2.45) is 0 Å². The van der Waals surface area contributed by atoms with E-state index >= 15 is 0 Å². The van der Waals surface area contributed by atoms with E-state index in [9.17, 15) is 0 Å². The Morgan fingerprint density at radius 2 is 1.44 bits per heavy atom. The van der Waals surface area contributed by atoms with Crippen molar-refractivity contribution >= 4 is 37.5 Å².